The van der Waals surface area contributed by atoms with Gasteiger partial charge in [-0.2, -0.15) is 0 Å². The molecule has 1 saturated carbocycles. The van der Waals surface area contributed by atoms with E-state index in [1.54, 1.807) is 0 Å². The number of carbonyl (C=O) groups is 2. The fourth-order valence-electron chi connectivity index (χ4n) is 2.12. The Morgan fingerprint density at radius 3 is 2.65 bits per heavy atom. The lowest BCUT2D eigenvalue weighted by Gasteiger charge is -2.22. The Morgan fingerprint density at radius 2 is 2.00 bits per heavy atom. The first-order valence-corrected chi connectivity index (χ1v) is 6.04. The molecule has 0 radical (unpaired) electrons. The molecule has 2 rings (SSSR count). The molecule has 3 heteroatoms. The first-order valence-electron chi connectivity index (χ1n) is 6.04. The van der Waals surface area contributed by atoms with Crippen LogP contribution in [0.2, 0.25) is 0 Å². The van der Waals surface area contributed by atoms with Gasteiger partial charge < -0.3 is 5.32 Å². The lowest BCUT2D eigenvalue weighted by Crippen LogP contribution is -2.38. The lowest BCUT2D eigenvalue weighted by atomic mass is 9.94. The van der Waals surface area contributed by atoms with E-state index in [4.69, 9.17) is 0 Å². The molecule has 1 fully saturated rings. The second kappa shape index (κ2) is 5.13. The summed E-state index contributed by atoms with van der Waals surface area (Å²) in [5.41, 5.74) is 1.79. The average molecular weight is 231 g/mol. The van der Waals surface area contributed by atoms with Crippen LogP contribution in [0.4, 0.5) is 0 Å². The molecule has 0 aliphatic heterocycles. The summed E-state index contributed by atoms with van der Waals surface area (Å²) in [6, 6.07) is 7.48. The molecule has 1 atom stereocenters. The van der Waals surface area contributed by atoms with E-state index in [1.807, 2.05) is 31.2 Å². The quantitative estimate of drug-likeness (QED) is 0.848. The van der Waals surface area contributed by atoms with Crippen molar-refractivity contribution >= 4 is 11.7 Å². The van der Waals surface area contributed by atoms with E-state index >= 15 is 0 Å². The van der Waals surface area contributed by atoms with Crippen LogP contribution in [0.5, 0.6) is 0 Å². The van der Waals surface area contributed by atoms with Crippen molar-refractivity contribution in [3.8, 4) is 0 Å². The van der Waals surface area contributed by atoms with Crippen molar-refractivity contribution in [2.45, 2.75) is 38.6 Å². The molecule has 0 spiro atoms. The molecule has 3 nitrogen and oxygen atoms in total. The highest BCUT2D eigenvalue weighted by atomic mass is 16.2. The summed E-state index contributed by atoms with van der Waals surface area (Å²) in [5, 5.41) is 2.93. The van der Waals surface area contributed by atoms with Crippen LogP contribution >= 0.6 is 0 Å². The average Bonchev–Trinajstić information content (AvgIpc) is 2.29. The van der Waals surface area contributed by atoms with E-state index in [1.165, 1.54) is 0 Å². The molecule has 17 heavy (non-hydrogen) atoms. The van der Waals surface area contributed by atoms with Gasteiger partial charge in [0.1, 0.15) is 5.78 Å². The van der Waals surface area contributed by atoms with Gasteiger partial charge in [-0.05, 0) is 31.9 Å². The maximum absolute atomic E-state index is 11.9. The number of nitrogens with one attached hydrogen (secondary N) is 1. The number of benzene rings is 1. The molecule has 1 amide bonds. The van der Waals surface area contributed by atoms with Gasteiger partial charge in [0.05, 0.1) is 0 Å². The summed E-state index contributed by atoms with van der Waals surface area (Å²) < 4.78 is 0. The number of Topliss-reactive ketones (excluding diaryl/α,β-unsaturated/α-hetero) is 1. The second-order valence-corrected chi connectivity index (χ2v) is 4.67. The van der Waals surface area contributed by atoms with Gasteiger partial charge in [-0.1, -0.05) is 17.7 Å². The van der Waals surface area contributed by atoms with Crippen LogP contribution in [0.15, 0.2) is 24.3 Å². The van der Waals surface area contributed by atoms with Crippen molar-refractivity contribution in [3.63, 3.8) is 0 Å². The maximum atomic E-state index is 11.9. The Kier molecular flexibility index (Phi) is 3.57. The Labute approximate surface area is 101 Å². The third-order valence-electron chi connectivity index (χ3n) is 3.13. The molecule has 90 valence electrons. The molecule has 1 unspecified atom stereocenters. The van der Waals surface area contributed by atoms with E-state index in [9.17, 15) is 9.59 Å². The van der Waals surface area contributed by atoms with Crippen LogP contribution in [0.1, 0.15) is 41.6 Å². The molecule has 1 N–H and O–H groups in total. The summed E-state index contributed by atoms with van der Waals surface area (Å²) in [7, 11) is 0. The molecule has 1 aliphatic rings. The number of hydrogen-bond acceptors (Lipinski definition) is 2. The second-order valence-electron chi connectivity index (χ2n) is 4.67. The molecule has 0 bridgehead atoms. The topological polar surface area (TPSA) is 46.2 Å². The molecule has 1 aromatic carbocycles. The predicted molar refractivity (Wildman–Crippen MR) is 65.9 cm³/mol. The number of hydrogen-bond donors (Lipinski definition) is 1. The number of amides is 1. The zero-order valence-electron chi connectivity index (χ0n) is 10.0. The Balaban J connectivity index is 1.96. The van der Waals surface area contributed by atoms with E-state index in [0.29, 0.717) is 18.4 Å². The van der Waals surface area contributed by atoms with Gasteiger partial charge in [-0.25, -0.2) is 0 Å². The summed E-state index contributed by atoms with van der Waals surface area (Å²) in [5.74, 6) is 0.176. The molecule has 0 heterocycles. The van der Waals surface area contributed by atoms with E-state index in [2.05, 4.69) is 5.32 Å². The van der Waals surface area contributed by atoms with Gasteiger partial charge in [0.25, 0.3) is 5.91 Å². The van der Waals surface area contributed by atoms with Crippen LogP contribution in [-0.2, 0) is 4.79 Å². The van der Waals surface area contributed by atoms with Gasteiger partial charge in [-0.3, -0.25) is 9.59 Å². The van der Waals surface area contributed by atoms with Crippen LogP contribution in [-0.4, -0.2) is 17.7 Å². The van der Waals surface area contributed by atoms with Gasteiger partial charge in [0.15, 0.2) is 0 Å². The van der Waals surface area contributed by atoms with Crippen molar-refractivity contribution in [3.05, 3.63) is 35.4 Å². The normalized spacial score (nSPS) is 20.1. The predicted octanol–water partition coefficient (Wildman–Crippen LogP) is 2.24. The first kappa shape index (κ1) is 11.8. The van der Waals surface area contributed by atoms with Crippen molar-refractivity contribution in [1.29, 1.82) is 0 Å². The lowest BCUT2D eigenvalue weighted by molar-refractivity contribution is -0.120. The Morgan fingerprint density at radius 1 is 1.29 bits per heavy atom. The SMILES string of the molecule is Cc1ccc(C(=O)NC2CCCC(=O)C2)cc1. The van der Waals surface area contributed by atoms with Crippen molar-refractivity contribution in [1.82, 2.24) is 5.32 Å². The van der Waals surface area contributed by atoms with Crippen LogP contribution in [0.3, 0.4) is 0 Å². The van der Waals surface area contributed by atoms with Gasteiger partial charge in [0.2, 0.25) is 0 Å². The van der Waals surface area contributed by atoms with Crippen molar-refractivity contribution < 1.29 is 9.59 Å². The van der Waals surface area contributed by atoms with Crippen molar-refractivity contribution in [2.24, 2.45) is 0 Å². The molecule has 0 aromatic heterocycles. The summed E-state index contributed by atoms with van der Waals surface area (Å²) in [6.07, 6.45) is 2.94. The minimum atomic E-state index is -0.0790. The molecule has 0 saturated heterocycles. The highest BCUT2D eigenvalue weighted by Gasteiger charge is 2.21. The van der Waals surface area contributed by atoms with Gasteiger partial charge in [-0.15, -0.1) is 0 Å². The van der Waals surface area contributed by atoms with E-state index < -0.39 is 0 Å². The van der Waals surface area contributed by atoms with Crippen LogP contribution < -0.4 is 5.32 Å². The third kappa shape index (κ3) is 3.16. The van der Waals surface area contributed by atoms with E-state index in [-0.39, 0.29) is 17.7 Å². The monoisotopic (exact) mass is 231 g/mol. The minimum Gasteiger partial charge on any atom is -0.349 e. The minimum absolute atomic E-state index is 0.0186. The number of aryl methyl sites for hydroxylation is 1. The fraction of sp³-hybridized carbons (Fsp3) is 0.429. The van der Waals surface area contributed by atoms with Crippen molar-refractivity contribution in [2.75, 3.05) is 0 Å². The molecular weight excluding hydrogens is 214 g/mol. The van der Waals surface area contributed by atoms with Gasteiger partial charge >= 0.3 is 0 Å². The number of rotatable bonds is 2. The highest BCUT2D eigenvalue weighted by molar-refractivity contribution is 5.94. The maximum Gasteiger partial charge on any atom is 0.251 e. The summed E-state index contributed by atoms with van der Waals surface area (Å²) in [6.45, 7) is 1.99. The molecular formula is C14H17NO2. The highest BCUT2D eigenvalue weighted by Crippen LogP contribution is 2.15. The smallest absolute Gasteiger partial charge is 0.251 e. The Hall–Kier alpha value is -1.64. The summed E-state index contributed by atoms with van der Waals surface area (Å²) >= 11 is 0. The molecule has 1 aromatic rings. The number of carbonyl (C=O) groups excluding carboxylic acids is 2. The first-order chi connectivity index (χ1) is 8.15. The summed E-state index contributed by atoms with van der Waals surface area (Å²) in [4.78, 5) is 23.2. The number of ketones is 1. The zero-order chi connectivity index (χ0) is 12.3. The Bertz CT molecular complexity index is 422. The van der Waals surface area contributed by atoms with Crippen LogP contribution in [0, 0.1) is 6.92 Å². The largest absolute Gasteiger partial charge is 0.349 e. The van der Waals surface area contributed by atoms with E-state index in [0.717, 1.165) is 18.4 Å². The fourth-order valence-corrected chi connectivity index (χ4v) is 2.12. The third-order valence-corrected chi connectivity index (χ3v) is 3.13. The standard InChI is InChI=1S/C14H17NO2/c1-10-5-7-11(8-6-10)14(17)15-12-3-2-4-13(16)9-12/h5-8,12H,2-4,9H2,1H3,(H,15,17). The van der Waals surface area contributed by atoms with Gasteiger partial charge in [0, 0.05) is 24.4 Å². The molecule has 1 aliphatic carbocycles. The van der Waals surface area contributed by atoms with Crippen LogP contribution in [0.25, 0.3) is 0 Å². The zero-order valence-corrected chi connectivity index (χ0v) is 10.0.